The third-order valence-corrected chi connectivity index (χ3v) is 3.27. The van der Waals surface area contributed by atoms with Gasteiger partial charge in [0.05, 0.1) is 6.04 Å². The van der Waals surface area contributed by atoms with E-state index in [0.29, 0.717) is 6.54 Å². The van der Waals surface area contributed by atoms with Gasteiger partial charge in [-0.1, -0.05) is 41.9 Å². The van der Waals surface area contributed by atoms with Gasteiger partial charge in [-0.2, -0.15) is 0 Å². The summed E-state index contributed by atoms with van der Waals surface area (Å²) in [4.78, 5) is 11.4. The average Bonchev–Trinajstić information content (AvgIpc) is 2.26. The standard InChI is InChI=1S/C13H19BrN2O.ClH/c1-9(15)12(17)16-8-13(2,3)10-4-6-11(14)7-5-10;/h4-7,9H,8,15H2,1-3H3,(H,16,17);1H. The first-order valence-corrected chi connectivity index (χ1v) is 6.41. The van der Waals surface area contributed by atoms with Crippen LogP contribution in [0.5, 0.6) is 0 Å². The molecule has 0 aromatic heterocycles. The van der Waals surface area contributed by atoms with Crippen molar-refractivity contribution in [3.05, 3.63) is 34.3 Å². The van der Waals surface area contributed by atoms with E-state index in [1.807, 2.05) is 12.1 Å². The number of nitrogens with one attached hydrogen (secondary N) is 1. The van der Waals surface area contributed by atoms with Gasteiger partial charge >= 0.3 is 0 Å². The van der Waals surface area contributed by atoms with Gasteiger partial charge in [0, 0.05) is 16.4 Å². The molecule has 0 radical (unpaired) electrons. The summed E-state index contributed by atoms with van der Waals surface area (Å²) in [6.45, 7) is 6.45. The molecule has 0 fully saturated rings. The molecule has 0 aliphatic rings. The van der Waals surface area contributed by atoms with E-state index in [-0.39, 0.29) is 23.7 Å². The highest BCUT2D eigenvalue weighted by atomic mass is 79.9. The minimum absolute atomic E-state index is 0. The molecule has 0 heterocycles. The lowest BCUT2D eigenvalue weighted by Gasteiger charge is -2.26. The largest absolute Gasteiger partial charge is 0.354 e. The van der Waals surface area contributed by atoms with E-state index in [4.69, 9.17) is 5.73 Å². The van der Waals surface area contributed by atoms with Gasteiger partial charge < -0.3 is 11.1 Å². The van der Waals surface area contributed by atoms with E-state index in [1.54, 1.807) is 6.92 Å². The quantitative estimate of drug-likeness (QED) is 0.888. The third kappa shape index (κ3) is 4.96. The summed E-state index contributed by atoms with van der Waals surface area (Å²) < 4.78 is 1.05. The van der Waals surface area contributed by atoms with Gasteiger partial charge in [-0.15, -0.1) is 12.4 Å². The summed E-state index contributed by atoms with van der Waals surface area (Å²) >= 11 is 3.41. The summed E-state index contributed by atoms with van der Waals surface area (Å²) in [5.74, 6) is -0.116. The maximum absolute atomic E-state index is 11.4. The lowest BCUT2D eigenvalue weighted by Crippen LogP contribution is -2.43. The second-order valence-corrected chi connectivity index (χ2v) is 5.81. The molecular formula is C13H20BrClN2O. The highest BCUT2D eigenvalue weighted by Gasteiger charge is 2.21. The Hall–Kier alpha value is -0.580. The minimum Gasteiger partial charge on any atom is -0.354 e. The average molecular weight is 336 g/mol. The number of amides is 1. The van der Waals surface area contributed by atoms with Crippen LogP contribution in [0.3, 0.4) is 0 Å². The molecule has 0 aliphatic heterocycles. The van der Waals surface area contributed by atoms with E-state index >= 15 is 0 Å². The zero-order chi connectivity index (χ0) is 13.1. The topological polar surface area (TPSA) is 55.1 Å². The van der Waals surface area contributed by atoms with Crippen LogP contribution >= 0.6 is 28.3 Å². The molecule has 3 nitrogen and oxygen atoms in total. The fourth-order valence-electron chi connectivity index (χ4n) is 1.47. The molecule has 1 atom stereocenters. The Balaban J connectivity index is 0.00000289. The number of carbonyl (C=O) groups excluding carboxylic acids is 1. The number of hydrogen-bond donors (Lipinski definition) is 2. The fourth-order valence-corrected chi connectivity index (χ4v) is 1.74. The Bertz CT molecular complexity index is 390. The molecule has 0 saturated heterocycles. The van der Waals surface area contributed by atoms with Crippen LogP contribution in [0, 0.1) is 0 Å². The van der Waals surface area contributed by atoms with Crippen LogP contribution in [0.4, 0.5) is 0 Å². The Morgan fingerprint density at radius 3 is 2.33 bits per heavy atom. The summed E-state index contributed by atoms with van der Waals surface area (Å²) in [6.07, 6.45) is 0. The summed E-state index contributed by atoms with van der Waals surface area (Å²) in [5, 5.41) is 2.86. The highest BCUT2D eigenvalue weighted by Crippen LogP contribution is 2.23. The molecule has 1 aromatic carbocycles. The van der Waals surface area contributed by atoms with Gasteiger partial charge in [-0.05, 0) is 24.6 Å². The van der Waals surface area contributed by atoms with Crippen molar-refractivity contribution in [2.45, 2.75) is 32.2 Å². The zero-order valence-corrected chi connectivity index (χ0v) is 13.3. The summed E-state index contributed by atoms with van der Waals surface area (Å²) in [6, 6.07) is 7.66. The van der Waals surface area contributed by atoms with Crippen molar-refractivity contribution in [1.29, 1.82) is 0 Å². The molecule has 1 amide bonds. The molecule has 102 valence electrons. The van der Waals surface area contributed by atoms with Gasteiger partial charge in [0.25, 0.3) is 0 Å². The Kier molecular flexibility index (Phi) is 6.89. The normalized spacial score (nSPS) is 12.5. The van der Waals surface area contributed by atoms with Gasteiger partial charge in [0.2, 0.25) is 5.91 Å². The maximum Gasteiger partial charge on any atom is 0.236 e. The Morgan fingerprint density at radius 2 is 1.89 bits per heavy atom. The van der Waals surface area contributed by atoms with Crippen molar-refractivity contribution >= 4 is 34.2 Å². The first-order valence-electron chi connectivity index (χ1n) is 5.62. The molecule has 0 spiro atoms. The fraction of sp³-hybridized carbons (Fsp3) is 0.462. The number of benzene rings is 1. The smallest absolute Gasteiger partial charge is 0.236 e. The first-order chi connectivity index (χ1) is 7.83. The minimum atomic E-state index is -0.462. The van der Waals surface area contributed by atoms with E-state index < -0.39 is 6.04 Å². The second-order valence-electron chi connectivity index (χ2n) is 4.90. The van der Waals surface area contributed by atoms with Crippen molar-refractivity contribution < 1.29 is 4.79 Å². The van der Waals surface area contributed by atoms with E-state index in [0.717, 1.165) is 4.47 Å². The number of halogens is 2. The van der Waals surface area contributed by atoms with E-state index in [9.17, 15) is 4.79 Å². The lowest BCUT2D eigenvalue weighted by atomic mass is 9.84. The van der Waals surface area contributed by atoms with Crippen molar-refractivity contribution in [3.8, 4) is 0 Å². The third-order valence-electron chi connectivity index (χ3n) is 2.74. The van der Waals surface area contributed by atoms with Crippen LogP contribution in [0.25, 0.3) is 0 Å². The molecule has 0 saturated carbocycles. The highest BCUT2D eigenvalue weighted by molar-refractivity contribution is 9.10. The van der Waals surface area contributed by atoms with Crippen molar-refractivity contribution in [3.63, 3.8) is 0 Å². The van der Waals surface area contributed by atoms with Crippen LogP contribution in [0.1, 0.15) is 26.3 Å². The predicted molar refractivity (Wildman–Crippen MR) is 81.1 cm³/mol. The number of hydrogen-bond acceptors (Lipinski definition) is 2. The second kappa shape index (κ2) is 7.12. The Morgan fingerprint density at radius 1 is 1.39 bits per heavy atom. The predicted octanol–water partition coefficient (Wildman–Crippen LogP) is 2.61. The SMILES string of the molecule is CC(N)C(=O)NCC(C)(C)c1ccc(Br)cc1.Cl. The molecular weight excluding hydrogens is 316 g/mol. The van der Waals surface area contributed by atoms with Crippen LogP contribution in [-0.2, 0) is 10.2 Å². The summed E-state index contributed by atoms with van der Waals surface area (Å²) in [7, 11) is 0. The first kappa shape index (κ1) is 17.4. The molecule has 0 bridgehead atoms. The van der Waals surface area contributed by atoms with Gasteiger partial charge in [0.15, 0.2) is 0 Å². The zero-order valence-electron chi connectivity index (χ0n) is 10.9. The van der Waals surface area contributed by atoms with Crippen LogP contribution in [-0.4, -0.2) is 18.5 Å². The summed E-state index contributed by atoms with van der Waals surface area (Å²) in [5.41, 5.74) is 6.59. The van der Waals surface area contributed by atoms with Crippen LogP contribution < -0.4 is 11.1 Å². The maximum atomic E-state index is 11.4. The molecule has 1 unspecified atom stereocenters. The number of carbonyl (C=O) groups is 1. The number of rotatable bonds is 4. The van der Waals surface area contributed by atoms with Crippen molar-refractivity contribution in [2.75, 3.05) is 6.54 Å². The van der Waals surface area contributed by atoms with E-state index in [2.05, 4.69) is 47.2 Å². The molecule has 0 aliphatic carbocycles. The Labute approximate surface area is 123 Å². The van der Waals surface area contributed by atoms with Crippen LogP contribution in [0.15, 0.2) is 28.7 Å². The molecule has 18 heavy (non-hydrogen) atoms. The van der Waals surface area contributed by atoms with E-state index in [1.165, 1.54) is 5.56 Å². The molecule has 5 heteroatoms. The van der Waals surface area contributed by atoms with Gasteiger partial charge in [0.1, 0.15) is 0 Å². The van der Waals surface area contributed by atoms with Crippen LogP contribution in [0.2, 0.25) is 0 Å². The van der Waals surface area contributed by atoms with Crippen molar-refractivity contribution in [2.24, 2.45) is 5.73 Å². The lowest BCUT2D eigenvalue weighted by molar-refractivity contribution is -0.122. The van der Waals surface area contributed by atoms with Crippen molar-refractivity contribution in [1.82, 2.24) is 5.32 Å². The molecule has 1 rings (SSSR count). The molecule has 3 N–H and O–H groups in total. The van der Waals surface area contributed by atoms with Gasteiger partial charge in [-0.25, -0.2) is 0 Å². The monoisotopic (exact) mass is 334 g/mol. The molecule has 1 aromatic rings. The van der Waals surface area contributed by atoms with Gasteiger partial charge in [-0.3, -0.25) is 4.79 Å². The number of nitrogens with two attached hydrogens (primary N) is 1.